The Morgan fingerprint density at radius 3 is 2.53 bits per heavy atom. The third-order valence-electron chi connectivity index (χ3n) is 5.07. The molecule has 0 aliphatic rings. The lowest BCUT2D eigenvalue weighted by Crippen LogP contribution is -2.17. The van der Waals surface area contributed by atoms with Crippen molar-refractivity contribution in [3.8, 4) is 17.2 Å². The second-order valence-electron chi connectivity index (χ2n) is 7.33. The van der Waals surface area contributed by atoms with Gasteiger partial charge < -0.3 is 14.6 Å². The number of nitrogens with zero attached hydrogens (tertiary/aromatic N) is 1. The van der Waals surface area contributed by atoms with Gasteiger partial charge in [0.2, 0.25) is 0 Å². The van der Waals surface area contributed by atoms with E-state index < -0.39 is 5.91 Å². The van der Waals surface area contributed by atoms with E-state index in [0.717, 1.165) is 10.8 Å². The minimum Gasteiger partial charge on any atom is -0.507 e. The zero-order valence-corrected chi connectivity index (χ0v) is 18.8. The molecule has 172 valence electrons. The Kier molecular flexibility index (Phi) is 6.94. The van der Waals surface area contributed by atoms with Crippen LogP contribution in [-0.4, -0.2) is 24.3 Å². The van der Waals surface area contributed by atoms with E-state index in [0.29, 0.717) is 16.9 Å². The summed E-state index contributed by atoms with van der Waals surface area (Å²) >= 11 is 6.35. The molecule has 0 spiro atoms. The van der Waals surface area contributed by atoms with Crippen LogP contribution in [0, 0.1) is 5.82 Å². The number of rotatable bonds is 7. The highest BCUT2D eigenvalue weighted by Gasteiger charge is 2.14. The van der Waals surface area contributed by atoms with Crippen molar-refractivity contribution in [1.82, 2.24) is 5.43 Å². The molecular weight excluding hydrogens is 459 g/mol. The van der Waals surface area contributed by atoms with Crippen molar-refractivity contribution in [2.45, 2.75) is 6.61 Å². The summed E-state index contributed by atoms with van der Waals surface area (Å²) < 4.78 is 24.9. The van der Waals surface area contributed by atoms with E-state index in [1.54, 1.807) is 36.4 Å². The first kappa shape index (κ1) is 23.1. The monoisotopic (exact) mass is 478 g/mol. The maximum absolute atomic E-state index is 13.9. The number of carbonyl (C=O) groups excluding carboxylic acids is 1. The van der Waals surface area contributed by atoms with E-state index in [4.69, 9.17) is 21.1 Å². The molecule has 0 heterocycles. The molecule has 0 saturated heterocycles. The van der Waals surface area contributed by atoms with Crippen LogP contribution >= 0.6 is 11.6 Å². The summed E-state index contributed by atoms with van der Waals surface area (Å²) in [6, 6.07) is 20.0. The lowest BCUT2D eigenvalue weighted by atomic mass is 10.1. The van der Waals surface area contributed by atoms with E-state index in [-0.39, 0.29) is 34.5 Å². The molecule has 6 nitrogen and oxygen atoms in total. The molecular formula is C26H20ClFN2O4. The lowest BCUT2D eigenvalue weighted by molar-refractivity contribution is 0.0952. The van der Waals surface area contributed by atoms with Crippen LogP contribution in [0.5, 0.6) is 17.2 Å². The highest BCUT2D eigenvalue weighted by Crippen LogP contribution is 2.36. The number of fused-ring (bicyclic) bond motifs is 1. The number of methoxy groups -OCH3 is 1. The molecule has 0 fully saturated rings. The van der Waals surface area contributed by atoms with E-state index in [1.165, 1.54) is 25.5 Å². The van der Waals surface area contributed by atoms with Gasteiger partial charge in [-0.05, 0) is 46.7 Å². The topological polar surface area (TPSA) is 80.2 Å². The number of hydrogen-bond acceptors (Lipinski definition) is 5. The molecule has 4 aromatic carbocycles. The molecule has 0 aliphatic heterocycles. The highest BCUT2D eigenvalue weighted by atomic mass is 35.5. The van der Waals surface area contributed by atoms with E-state index >= 15 is 0 Å². The van der Waals surface area contributed by atoms with Crippen molar-refractivity contribution in [2.75, 3.05) is 7.11 Å². The molecule has 0 atom stereocenters. The van der Waals surface area contributed by atoms with Crippen LogP contribution in [0.1, 0.15) is 21.5 Å². The van der Waals surface area contributed by atoms with Gasteiger partial charge in [0, 0.05) is 5.56 Å². The van der Waals surface area contributed by atoms with Gasteiger partial charge >= 0.3 is 0 Å². The number of carbonyl (C=O) groups is 1. The molecule has 0 aliphatic carbocycles. The normalized spacial score (nSPS) is 11.0. The molecule has 0 bridgehead atoms. The molecule has 2 N–H and O–H groups in total. The molecule has 8 heteroatoms. The first-order chi connectivity index (χ1) is 16.5. The fourth-order valence-corrected chi connectivity index (χ4v) is 3.63. The fourth-order valence-electron chi connectivity index (χ4n) is 3.36. The van der Waals surface area contributed by atoms with Gasteiger partial charge in [0.25, 0.3) is 5.91 Å². The van der Waals surface area contributed by atoms with Crippen LogP contribution in [0.4, 0.5) is 4.39 Å². The Hall–Kier alpha value is -4.10. The Balaban J connectivity index is 1.48. The quantitative estimate of drug-likeness (QED) is 0.264. The minimum atomic E-state index is -0.567. The predicted molar refractivity (Wildman–Crippen MR) is 129 cm³/mol. The van der Waals surface area contributed by atoms with E-state index in [1.807, 2.05) is 24.3 Å². The first-order valence-corrected chi connectivity index (χ1v) is 10.6. The van der Waals surface area contributed by atoms with Crippen molar-refractivity contribution in [3.63, 3.8) is 0 Å². The van der Waals surface area contributed by atoms with E-state index in [9.17, 15) is 14.3 Å². The number of benzene rings is 4. The van der Waals surface area contributed by atoms with E-state index in [2.05, 4.69) is 10.5 Å². The summed E-state index contributed by atoms with van der Waals surface area (Å²) in [5.41, 5.74) is 3.40. The molecule has 34 heavy (non-hydrogen) atoms. The van der Waals surface area contributed by atoms with Gasteiger partial charge in [0.1, 0.15) is 18.2 Å². The number of halogens is 2. The molecule has 4 aromatic rings. The summed E-state index contributed by atoms with van der Waals surface area (Å²) in [5.74, 6) is -0.511. The van der Waals surface area contributed by atoms with Gasteiger partial charge in [-0.3, -0.25) is 4.79 Å². The van der Waals surface area contributed by atoms with Gasteiger partial charge in [0.15, 0.2) is 11.5 Å². The molecule has 4 rings (SSSR count). The van der Waals surface area contributed by atoms with Crippen LogP contribution in [-0.2, 0) is 6.61 Å². The minimum absolute atomic E-state index is 0.0263. The van der Waals surface area contributed by atoms with Crippen molar-refractivity contribution in [3.05, 3.63) is 100 Å². The number of amides is 1. The van der Waals surface area contributed by atoms with Crippen molar-refractivity contribution < 1.29 is 23.8 Å². The second kappa shape index (κ2) is 10.2. The summed E-state index contributed by atoms with van der Waals surface area (Å²) in [5, 5.41) is 16.0. The Morgan fingerprint density at radius 1 is 1.09 bits per heavy atom. The third kappa shape index (κ3) is 5.10. The standard InChI is InChI=1S/C26H20ClFN2O4/c1-33-24-11-16(10-21(27)25(24)34-15-19-8-4-5-9-22(19)28)14-29-30-26(32)20-12-17-6-2-3-7-18(17)13-23(20)31/h2-14,31H,15H2,1H3,(H,30,32). The summed E-state index contributed by atoms with van der Waals surface area (Å²) in [7, 11) is 1.45. The number of hydrazone groups is 1. The van der Waals surface area contributed by atoms with Crippen molar-refractivity contribution >= 4 is 34.5 Å². The Bertz CT molecular complexity index is 1390. The molecule has 0 saturated carbocycles. The SMILES string of the molecule is COc1cc(C=NNC(=O)c2cc3ccccc3cc2O)cc(Cl)c1OCc1ccccc1F. The zero-order valence-electron chi connectivity index (χ0n) is 18.1. The number of aromatic hydroxyl groups is 1. The average Bonchev–Trinajstić information content (AvgIpc) is 2.83. The maximum atomic E-state index is 13.9. The smallest absolute Gasteiger partial charge is 0.275 e. The highest BCUT2D eigenvalue weighted by molar-refractivity contribution is 6.32. The summed E-state index contributed by atoms with van der Waals surface area (Å²) in [6.07, 6.45) is 1.38. The third-order valence-corrected chi connectivity index (χ3v) is 5.35. The number of phenolic OH excluding ortho intramolecular Hbond substituents is 1. The van der Waals surface area contributed by atoms with Crippen LogP contribution in [0.25, 0.3) is 10.8 Å². The molecule has 0 radical (unpaired) electrons. The van der Waals surface area contributed by atoms with Gasteiger partial charge in [-0.1, -0.05) is 54.1 Å². The van der Waals surface area contributed by atoms with Crippen LogP contribution in [0.15, 0.2) is 77.9 Å². The Labute approximate surface area is 200 Å². The van der Waals surface area contributed by atoms with Gasteiger partial charge in [-0.15, -0.1) is 0 Å². The summed E-state index contributed by atoms with van der Waals surface area (Å²) in [6.45, 7) is -0.0263. The van der Waals surface area contributed by atoms with Crippen LogP contribution in [0.3, 0.4) is 0 Å². The van der Waals surface area contributed by atoms with Crippen LogP contribution in [0.2, 0.25) is 5.02 Å². The fraction of sp³-hybridized carbons (Fsp3) is 0.0769. The summed E-state index contributed by atoms with van der Waals surface area (Å²) in [4.78, 5) is 12.5. The van der Waals surface area contributed by atoms with Gasteiger partial charge in [-0.25, -0.2) is 9.82 Å². The van der Waals surface area contributed by atoms with Crippen LogP contribution < -0.4 is 14.9 Å². The first-order valence-electron chi connectivity index (χ1n) is 10.2. The Morgan fingerprint density at radius 2 is 1.79 bits per heavy atom. The zero-order chi connectivity index (χ0) is 24.1. The number of hydrogen-bond donors (Lipinski definition) is 2. The number of nitrogens with one attached hydrogen (secondary N) is 1. The molecule has 0 unspecified atom stereocenters. The number of phenols is 1. The van der Waals surface area contributed by atoms with Gasteiger partial charge in [0.05, 0.1) is 23.9 Å². The number of ether oxygens (including phenoxy) is 2. The molecule has 1 amide bonds. The second-order valence-corrected chi connectivity index (χ2v) is 7.74. The van der Waals surface area contributed by atoms with Gasteiger partial charge in [-0.2, -0.15) is 5.10 Å². The predicted octanol–water partition coefficient (Wildman–Crippen LogP) is 5.69. The van der Waals surface area contributed by atoms with Crippen molar-refractivity contribution in [1.29, 1.82) is 0 Å². The largest absolute Gasteiger partial charge is 0.507 e. The lowest BCUT2D eigenvalue weighted by Gasteiger charge is -2.13. The van der Waals surface area contributed by atoms with Crippen molar-refractivity contribution in [2.24, 2.45) is 5.10 Å². The average molecular weight is 479 g/mol. The molecule has 0 aromatic heterocycles. The maximum Gasteiger partial charge on any atom is 0.275 e.